The van der Waals surface area contributed by atoms with Gasteiger partial charge in [0, 0.05) is 23.5 Å². The number of carbonyl (C=O) groups excluding carboxylic acids is 3. The lowest BCUT2D eigenvalue weighted by atomic mass is 10.1. The van der Waals surface area contributed by atoms with Crippen LogP contribution >= 0.6 is 0 Å². The first kappa shape index (κ1) is 19.2. The maximum atomic E-state index is 12.7. The molecule has 1 saturated heterocycles. The molecule has 2 heterocycles. The Kier molecular flexibility index (Phi) is 6.03. The maximum Gasteiger partial charge on any atom is 0.325 e. The molecule has 25 heavy (non-hydrogen) atoms. The third-order valence-corrected chi connectivity index (χ3v) is 4.79. The van der Waals surface area contributed by atoms with Gasteiger partial charge >= 0.3 is 6.03 Å². The minimum absolute atomic E-state index is 0.190. The van der Waals surface area contributed by atoms with Gasteiger partial charge in [-0.1, -0.05) is 27.2 Å². The van der Waals surface area contributed by atoms with Crippen LogP contribution in [0.1, 0.15) is 61.8 Å². The molecule has 3 amide bonds. The third-order valence-electron chi connectivity index (χ3n) is 4.79. The zero-order chi connectivity index (χ0) is 18.7. The van der Waals surface area contributed by atoms with E-state index < -0.39 is 12.1 Å². The van der Waals surface area contributed by atoms with Crippen molar-refractivity contribution in [1.82, 2.24) is 14.8 Å². The van der Waals surface area contributed by atoms with Crippen LogP contribution in [0.5, 0.6) is 0 Å². The molecule has 1 aliphatic rings. The van der Waals surface area contributed by atoms with Crippen molar-refractivity contribution in [3.63, 3.8) is 0 Å². The molecule has 0 spiro atoms. The topological polar surface area (TPSA) is 71.4 Å². The number of urea groups is 1. The van der Waals surface area contributed by atoms with Crippen LogP contribution in [0.3, 0.4) is 0 Å². The van der Waals surface area contributed by atoms with E-state index in [9.17, 15) is 14.4 Å². The van der Waals surface area contributed by atoms with Gasteiger partial charge in [-0.25, -0.2) is 4.79 Å². The Balaban J connectivity index is 2.12. The molecule has 1 aromatic rings. The lowest BCUT2D eigenvalue weighted by Crippen LogP contribution is -2.36. The van der Waals surface area contributed by atoms with Crippen LogP contribution in [0.15, 0.2) is 6.07 Å². The first-order chi connectivity index (χ1) is 11.8. The molecule has 0 aliphatic carbocycles. The van der Waals surface area contributed by atoms with Crippen LogP contribution in [-0.4, -0.2) is 39.8 Å². The maximum absolute atomic E-state index is 12.7. The fraction of sp³-hybridized carbons (Fsp3) is 0.632. The number of ketones is 1. The quantitative estimate of drug-likeness (QED) is 0.580. The van der Waals surface area contributed by atoms with Crippen LogP contribution in [0.2, 0.25) is 0 Å². The van der Waals surface area contributed by atoms with E-state index in [0.29, 0.717) is 17.9 Å². The molecule has 0 unspecified atom stereocenters. The Labute approximate surface area is 149 Å². The number of carbonyl (C=O) groups is 3. The Bertz CT molecular complexity index is 676. The summed E-state index contributed by atoms with van der Waals surface area (Å²) >= 11 is 0. The molecule has 138 valence electrons. The lowest BCUT2D eigenvalue weighted by molar-refractivity contribution is -0.127. The summed E-state index contributed by atoms with van der Waals surface area (Å²) in [5.74, 6) is 0.0973. The van der Waals surface area contributed by atoms with Gasteiger partial charge in [-0.2, -0.15) is 0 Å². The summed E-state index contributed by atoms with van der Waals surface area (Å²) in [5.41, 5.74) is 2.53. The summed E-state index contributed by atoms with van der Waals surface area (Å²) in [6, 6.07) is 0.897. The molecule has 1 atom stereocenters. The number of aromatic nitrogens is 1. The van der Waals surface area contributed by atoms with Crippen molar-refractivity contribution >= 4 is 17.7 Å². The van der Waals surface area contributed by atoms with Gasteiger partial charge in [0.05, 0.1) is 6.54 Å². The molecule has 0 bridgehead atoms. The number of imide groups is 1. The summed E-state index contributed by atoms with van der Waals surface area (Å²) < 4.78 is 2.14. The fourth-order valence-electron chi connectivity index (χ4n) is 3.25. The van der Waals surface area contributed by atoms with Gasteiger partial charge in [-0.05, 0) is 38.7 Å². The lowest BCUT2D eigenvalue weighted by Gasteiger charge is -2.13. The highest BCUT2D eigenvalue weighted by Gasteiger charge is 2.38. The van der Waals surface area contributed by atoms with E-state index in [0.717, 1.165) is 35.7 Å². The highest BCUT2D eigenvalue weighted by molar-refractivity contribution is 6.09. The van der Waals surface area contributed by atoms with Gasteiger partial charge in [0.25, 0.3) is 5.91 Å². The van der Waals surface area contributed by atoms with Crippen LogP contribution in [0.4, 0.5) is 4.79 Å². The van der Waals surface area contributed by atoms with Crippen molar-refractivity contribution < 1.29 is 14.4 Å². The molecule has 6 nitrogen and oxygen atoms in total. The minimum Gasteiger partial charge on any atom is -0.348 e. The van der Waals surface area contributed by atoms with Crippen molar-refractivity contribution in [1.29, 1.82) is 0 Å². The molecule has 0 radical (unpaired) electrons. The summed E-state index contributed by atoms with van der Waals surface area (Å²) in [6.07, 6.45) is 2.43. The van der Waals surface area contributed by atoms with Gasteiger partial charge in [0.2, 0.25) is 0 Å². The molecule has 0 saturated carbocycles. The third kappa shape index (κ3) is 4.11. The van der Waals surface area contributed by atoms with Crippen LogP contribution < -0.4 is 5.32 Å². The summed E-state index contributed by atoms with van der Waals surface area (Å²) in [5, 5.41) is 2.66. The van der Waals surface area contributed by atoms with Crippen LogP contribution in [0, 0.1) is 19.8 Å². The monoisotopic (exact) mass is 347 g/mol. The molecule has 1 aliphatic heterocycles. The molecule has 6 heteroatoms. The average molecular weight is 347 g/mol. The van der Waals surface area contributed by atoms with E-state index in [1.165, 1.54) is 0 Å². The second kappa shape index (κ2) is 7.85. The van der Waals surface area contributed by atoms with Crippen LogP contribution in [0.25, 0.3) is 0 Å². The number of rotatable bonds is 8. The highest BCUT2D eigenvalue weighted by atomic mass is 16.2. The first-order valence-electron chi connectivity index (χ1n) is 9.08. The highest BCUT2D eigenvalue weighted by Crippen LogP contribution is 2.19. The van der Waals surface area contributed by atoms with Crippen molar-refractivity contribution in [2.75, 3.05) is 6.54 Å². The Morgan fingerprint density at radius 3 is 2.56 bits per heavy atom. The zero-order valence-corrected chi connectivity index (χ0v) is 15.9. The fourth-order valence-corrected chi connectivity index (χ4v) is 3.25. The Morgan fingerprint density at radius 1 is 1.28 bits per heavy atom. The largest absolute Gasteiger partial charge is 0.348 e. The van der Waals surface area contributed by atoms with E-state index in [4.69, 9.17) is 0 Å². The molecular weight excluding hydrogens is 318 g/mol. The van der Waals surface area contributed by atoms with E-state index in [2.05, 4.69) is 23.7 Å². The molecule has 2 rings (SSSR count). The number of nitrogens with one attached hydrogen (secondary N) is 1. The van der Waals surface area contributed by atoms with E-state index >= 15 is 0 Å². The average Bonchev–Trinajstić information content (AvgIpc) is 2.96. The molecule has 1 fully saturated rings. The van der Waals surface area contributed by atoms with Crippen molar-refractivity contribution in [3.8, 4) is 0 Å². The molecule has 1 aromatic heterocycles. The second-order valence-corrected chi connectivity index (χ2v) is 7.26. The number of Topliss-reactive ketones (excluding diaryl/α,β-unsaturated/α-hetero) is 1. The van der Waals surface area contributed by atoms with Gasteiger partial charge in [-0.3, -0.25) is 14.5 Å². The summed E-state index contributed by atoms with van der Waals surface area (Å²) in [7, 11) is 0. The van der Waals surface area contributed by atoms with Gasteiger partial charge in [-0.15, -0.1) is 0 Å². The summed E-state index contributed by atoms with van der Waals surface area (Å²) in [4.78, 5) is 38.0. The van der Waals surface area contributed by atoms with Gasteiger partial charge in [0.15, 0.2) is 5.78 Å². The van der Waals surface area contributed by atoms with Crippen molar-refractivity contribution in [2.45, 2.75) is 66.5 Å². The number of hydrogen-bond donors (Lipinski definition) is 1. The number of hydrogen-bond acceptors (Lipinski definition) is 3. The van der Waals surface area contributed by atoms with Crippen LogP contribution in [-0.2, 0) is 11.3 Å². The Morgan fingerprint density at radius 2 is 1.96 bits per heavy atom. The molecule has 1 N–H and O–H groups in total. The van der Waals surface area contributed by atoms with E-state index in [-0.39, 0.29) is 18.2 Å². The van der Waals surface area contributed by atoms with Crippen molar-refractivity contribution in [2.24, 2.45) is 5.92 Å². The number of amides is 3. The smallest absolute Gasteiger partial charge is 0.325 e. The first-order valence-corrected chi connectivity index (χ1v) is 9.08. The SMILES string of the molecule is CCC[C@@H]1NC(=O)N(CC(=O)c2cc(C)n(CCC(C)C)c2C)C1=O. The number of nitrogens with zero attached hydrogens (tertiary/aromatic N) is 2. The Hall–Kier alpha value is -2.11. The number of aryl methyl sites for hydroxylation is 1. The molecule has 0 aromatic carbocycles. The molecular formula is C19H29N3O3. The zero-order valence-electron chi connectivity index (χ0n) is 15.9. The standard InChI is InChI=1S/C19H29N3O3/c1-6-7-16-18(24)22(19(25)20-16)11-17(23)15-10-13(4)21(14(15)5)9-8-12(2)3/h10,12,16H,6-9,11H2,1-5H3,(H,20,25)/t16-/m0/s1. The minimum atomic E-state index is -0.497. The predicted molar refractivity (Wildman–Crippen MR) is 96.6 cm³/mol. The summed E-state index contributed by atoms with van der Waals surface area (Å²) in [6.45, 7) is 10.9. The second-order valence-electron chi connectivity index (χ2n) is 7.26. The van der Waals surface area contributed by atoms with E-state index in [1.807, 2.05) is 26.8 Å². The normalized spacial score (nSPS) is 17.5. The van der Waals surface area contributed by atoms with Gasteiger partial charge < -0.3 is 9.88 Å². The van der Waals surface area contributed by atoms with Gasteiger partial charge in [0.1, 0.15) is 6.04 Å². The van der Waals surface area contributed by atoms with E-state index in [1.54, 1.807) is 0 Å². The van der Waals surface area contributed by atoms with Crippen molar-refractivity contribution in [3.05, 3.63) is 23.0 Å². The predicted octanol–water partition coefficient (Wildman–Crippen LogP) is 3.05.